The van der Waals surface area contributed by atoms with Crippen molar-refractivity contribution in [3.05, 3.63) is 35.9 Å². The summed E-state index contributed by atoms with van der Waals surface area (Å²) in [4.78, 5) is 10.4. The maximum Gasteiger partial charge on any atom is 0.328 e. The van der Waals surface area contributed by atoms with Crippen LogP contribution in [0.3, 0.4) is 0 Å². The van der Waals surface area contributed by atoms with Crippen LogP contribution in [0.4, 0.5) is 5.69 Å². The predicted octanol–water partition coefficient (Wildman–Crippen LogP) is 1.71. The van der Waals surface area contributed by atoms with E-state index in [1.807, 2.05) is 0 Å². The number of aliphatic carboxylic acids is 1. The highest BCUT2D eigenvalue weighted by Crippen LogP contribution is 2.19. The van der Waals surface area contributed by atoms with E-state index < -0.39 is 21.2 Å². The Kier molecular flexibility index (Phi) is 4.98. The Labute approximate surface area is 123 Å². The van der Waals surface area contributed by atoms with Gasteiger partial charge >= 0.3 is 5.97 Å². The van der Waals surface area contributed by atoms with Crippen LogP contribution in [0.2, 0.25) is 0 Å². The highest BCUT2D eigenvalue weighted by atomic mass is 32.2. The molecule has 0 spiro atoms. The second-order valence-corrected chi connectivity index (χ2v) is 6.71. The highest BCUT2D eigenvalue weighted by molar-refractivity contribution is 7.93. The summed E-state index contributed by atoms with van der Waals surface area (Å²) in [7, 11) is -3.42. The number of hydrogen-bond acceptors (Lipinski definition) is 4. The molecule has 0 saturated carbocycles. The van der Waals surface area contributed by atoms with Crippen LogP contribution in [0.1, 0.15) is 18.4 Å². The number of hydrogen-bond donors (Lipinski definition) is 2. The zero-order valence-corrected chi connectivity index (χ0v) is 12.2. The van der Waals surface area contributed by atoms with Crippen LogP contribution in [-0.2, 0) is 19.6 Å². The van der Waals surface area contributed by atoms with E-state index in [9.17, 15) is 13.2 Å². The van der Waals surface area contributed by atoms with Crippen molar-refractivity contribution in [3.8, 4) is 0 Å². The number of sulfonamides is 1. The quantitative estimate of drug-likeness (QED) is 0.807. The van der Waals surface area contributed by atoms with E-state index in [2.05, 4.69) is 4.72 Å². The van der Waals surface area contributed by atoms with Gasteiger partial charge in [-0.3, -0.25) is 4.72 Å². The van der Waals surface area contributed by atoms with Crippen LogP contribution in [0, 0.1) is 0 Å². The van der Waals surface area contributed by atoms with Crippen molar-refractivity contribution < 1.29 is 23.1 Å². The van der Waals surface area contributed by atoms with E-state index in [4.69, 9.17) is 9.84 Å². The van der Waals surface area contributed by atoms with Gasteiger partial charge in [-0.1, -0.05) is 12.1 Å². The van der Waals surface area contributed by atoms with Gasteiger partial charge in [0.1, 0.15) is 0 Å². The average Bonchev–Trinajstić information content (AvgIpc) is 2.47. The van der Waals surface area contributed by atoms with Crippen molar-refractivity contribution in [2.45, 2.75) is 18.1 Å². The zero-order valence-electron chi connectivity index (χ0n) is 11.4. The molecule has 1 aliphatic rings. The fourth-order valence-electron chi connectivity index (χ4n) is 2.06. The van der Waals surface area contributed by atoms with Crippen molar-refractivity contribution in [1.29, 1.82) is 0 Å². The molecular formula is C14H17NO5S. The Bertz CT molecular complexity index is 615. The van der Waals surface area contributed by atoms with Gasteiger partial charge in [-0.2, -0.15) is 0 Å². The van der Waals surface area contributed by atoms with Crippen LogP contribution in [-0.4, -0.2) is 38.0 Å². The first-order valence-corrected chi connectivity index (χ1v) is 8.12. The molecule has 1 fully saturated rings. The lowest BCUT2D eigenvalue weighted by Crippen LogP contribution is -2.33. The van der Waals surface area contributed by atoms with Gasteiger partial charge in [0.25, 0.3) is 0 Å². The van der Waals surface area contributed by atoms with Crippen molar-refractivity contribution >= 4 is 27.8 Å². The molecule has 1 aromatic carbocycles. The van der Waals surface area contributed by atoms with Crippen molar-refractivity contribution in [2.75, 3.05) is 17.9 Å². The number of nitrogens with one attached hydrogen (secondary N) is 1. The van der Waals surface area contributed by atoms with Crippen LogP contribution in [0.15, 0.2) is 30.3 Å². The van der Waals surface area contributed by atoms with E-state index in [0.29, 0.717) is 37.3 Å². The summed E-state index contributed by atoms with van der Waals surface area (Å²) in [5.74, 6) is -1.03. The molecule has 1 heterocycles. The third-order valence-corrected chi connectivity index (χ3v) is 5.07. The first-order valence-electron chi connectivity index (χ1n) is 6.58. The normalized spacial score (nSPS) is 17.0. The number of carboxylic acid groups (broad SMARTS) is 1. The summed E-state index contributed by atoms with van der Waals surface area (Å²) < 4.78 is 32.1. The first-order chi connectivity index (χ1) is 9.97. The number of anilines is 1. The molecule has 2 rings (SSSR count). The minimum atomic E-state index is -3.42. The van der Waals surface area contributed by atoms with Crippen molar-refractivity contribution in [2.24, 2.45) is 0 Å². The van der Waals surface area contributed by atoms with Gasteiger partial charge in [0, 0.05) is 25.0 Å². The van der Waals surface area contributed by atoms with Gasteiger partial charge < -0.3 is 9.84 Å². The molecule has 2 N–H and O–H groups in total. The second kappa shape index (κ2) is 6.73. The molecule has 1 aliphatic heterocycles. The Morgan fingerprint density at radius 1 is 1.24 bits per heavy atom. The molecule has 0 aromatic heterocycles. The van der Waals surface area contributed by atoms with Crippen molar-refractivity contribution in [3.63, 3.8) is 0 Å². The Morgan fingerprint density at radius 2 is 1.86 bits per heavy atom. The zero-order chi connectivity index (χ0) is 15.3. The summed E-state index contributed by atoms with van der Waals surface area (Å²) in [6.07, 6.45) is 3.46. The van der Waals surface area contributed by atoms with Crippen LogP contribution >= 0.6 is 0 Å². The van der Waals surface area contributed by atoms with E-state index >= 15 is 0 Å². The largest absolute Gasteiger partial charge is 0.478 e. The Balaban J connectivity index is 2.04. The predicted molar refractivity (Wildman–Crippen MR) is 79.5 cm³/mol. The number of carboxylic acids is 1. The summed E-state index contributed by atoms with van der Waals surface area (Å²) in [6.45, 7) is 0.926. The van der Waals surface area contributed by atoms with E-state index in [1.54, 1.807) is 24.3 Å². The van der Waals surface area contributed by atoms with E-state index in [-0.39, 0.29) is 0 Å². The minimum Gasteiger partial charge on any atom is -0.478 e. The van der Waals surface area contributed by atoms with E-state index in [1.165, 1.54) is 6.08 Å². The summed E-state index contributed by atoms with van der Waals surface area (Å²) in [5, 5.41) is 8.11. The van der Waals surface area contributed by atoms with Crippen LogP contribution < -0.4 is 4.72 Å². The molecule has 7 heteroatoms. The third-order valence-electron chi connectivity index (χ3n) is 3.20. The number of benzene rings is 1. The second-order valence-electron chi connectivity index (χ2n) is 4.75. The standard InChI is InChI=1S/C14H17NO5S/c16-14(17)6-3-11-1-4-12(5-2-11)15-21(18,19)13-7-9-20-10-8-13/h1-6,13,15H,7-10H2,(H,16,17). The summed E-state index contributed by atoms with van der Waals surface area (Å²) in [5.41, 5.74) is 1.15. The molecule has 0 aliphatic carbocycles. The maximum atomic E-state index is 12.2. The SMILES string of the molecule is O=C(O)C=Cc1ccc(NS(=O)(=O)C2CCOCC2)cc1. The van der Waals surface area contributed by atoms with Crippen molar-refractivity contribution in [1.82, 2.24) is 0 Å². The van der Waals surface area contributed by atoms with E-state index in [0.717, 1.165) is 6.08 Å². The molecule has 6 nitrogen and oxygen atoms in total. The van der Waals surface area contributed by atoms with Crippen LogP contribution in [0.25, 0.3) is 6.08 Å². The molecule has 0 bridgehead atoms. The summed E-state index contributed by atoms with van der Waals surface area (Å²) in [6, 6.07) is 6.53. The summed E-state index contributed by atoms with van der Waals surface area (Å²) >= 11 is 0. The highest BCUT2D eigenvalue weighted by Gasteiger charge is 2.27. The van der Waals surface area contributed by atoms with Crippen LogP contribution in [0.5, 0.6) is 0 Å². The molecule has 0 unspecified atom stereocenters. The molecule has 21 heavy (non-hydrogen) atoms. The third kappa shape index (κ3) is 4.57. The lowest BCUT2D eigenvalue weighted by Gasteiger charge is -2.22. The Hall–Kier alpha value is -1.86. The Morgan fingerprint density at radius 3 is 2.43 bits per heavy atom. The monoisotopic (exact) mass is 311 g/mol. The van der Waals surface area contributed by atoms with Gasteiger partial charge in [-0.15, -0.1) is 0 Å². The molecule has 0 radical (unpaired) electrons. The number of rotatable bonds is 5. The lowest BCUT2D eigenvalue weighted by molar-refractivity contribution is -0.131. The first kappa shape index (κ1) is 15.5. The van der Waals surface area contributed by atoms with Gasteiger partial charge in [0.15, 0.2) is 0 Å². The minimum absolute atomic E-state index is 0.433. The average molecular weight is 311 g/mol. The van der Waals surface area contributed by atoms with Gasteiger partial charge in [0.05, 0.1) is 5.25 Å². The smallest absolute Gasteiger partial charge is 0.328 e. The lowest BCUT2D eigenvalue weighted by atomic mass is 10.2. The van der Waals surface area contributed by atoms with Gasteiger partial charge in [0.2, 0.25) is 10.0 Å². The number of ether oxygens (including phenoxy) is 1. The van der Waals surface area contributed by atoms with Gasteiger partial charge in [-0.25, -0.2) is 13.2 Å². The fraction of sp³-hybridized carbons (Fsp3) is 0.357. The van der Waals surface area contributed by atoms with Gasteiger partial charge in [-0.05, 0) is 36.6 Å². The topological polar surface area (TPSA) is 92.7 Å². The molecule has 114 valence electrons. The molecular weight excluding hydrogens is 294 g/mol. The fourth-order valence-corrected chi connectivity index (χ4v) is 3.51. The maximum absolute atomic E-state index is 12.2. The molecule has 1 saturated heterocycles. The number of carbonyl (C=O) groups is 1. The molecule has 1 aromatic rings. The molecule has 0 amide bonds. The molecule has 0 atom stereocenters.